The Morgan fingerprint density at radius 2 is 1.85 bits per heavy atom. The Balaban J connectivity index is 1.53. The molecule has 3 rings (SSSR count). The van der Waals surface area contributed by atoms with Crippen LogP contribution in [0.4, 0.5) is 4.39 Å². The van der Waals surface area contributed by atoms with E-state index in [-0.39, 0.29) is 23.6 Å². The van der Waals surface area contributed by atoms with Crippen LogP contribution in [0.2, 0.25) is 0 Å². The molecule has 0 saturated heterocycles. The molecule has 0 radical (unpaired) electrons. The molecule has 0 N–H and O–H groups in total. The quantitative estimate of drug-likeness (QED) is 0.495. The van der Waals surface area contributed by atoms with Crippen molar-refractivity contribution in [2.75, 3.05) is 13.2 Å². The molecule has 0 atom stereocenters. The third kappa shape index (κ3) is 4.27. The van der Waals surface area contributed by atoms with Gasteiger partial charge in [0.2, 0.25) is 5.76 Å². The second kappa shape index (κ2) is 7.82. The van der Waals surface area contributed by atoms with Gasteiger partial charge in [0.25, 0.3) is 0 Å². The standard InChI is InChI=1S/C20H17FO5/c1-13-3-8-18-16(11-13)17(22)12-19(26-18)20(23)25-10-2-9-24-15-6-4-14(21)5-7-15/h3-8,11-12H,2,9-10H2,1H3. The number of ether oxygens (including phenoxy) is 2. The lowest BCUT2D eigenvalue weighted by Crippen LogP contribution is -2.12. The second-order valence-corrected chi connectivity index (χ2v) is 5.77. The fourth-order valence-electron chi connectivity index (χ4n) is 2.39. The van der Waals surface area contributed by atoms with Crippen LogP contribution in [0.15, 0.2) is 57.7 Å². The van der Waals surface area contributed by atoms with Crippen LogP contribution in [0, 0.1) is 12.7 Å². The Labute approximate surface area is 149 Å². The molecule has 2 aromatic carbocycles. The summed E-state index contributed by atoms with van der Waals surface area (Å²) in [6.07, 6.45) is 0.445. The topological polar surface area (TPSA) is 65.7 Å². The highest BCUT2D eigenvalue weighted by atomic mass is 19.1. The van der Waals surface area contributed by atoms with Crippen LogP contribution in [0.5, 0.6) is 5.75 Å². The Bertz CT molecular complexity index is 976. The van der Waals surface area contributed by atoms with Crippen molar-refractivity contribution in [3.63, 3.8) is 0 Å². The molecule has 3 aromatic rings. The first-order valence-corrected chi connectivity index (χ1v) is 8.13. The van der Waals surface area contributed by atoms with Gasteiger partial charge < -0.3 is 13.9 Å². The van der Waals surface area contributed by atoms with E-state index in [4.69, 9.17) is 13.9 Å². The lowest BCUT2D eigenvalue weighted by atomic mass is 10.1. The fourth-order valence-corrected chi connectivity index (χ4v) is 2.39. The molecule has 0 saturated carbocycles. The van der Waals surface area contributed by atoms with Crippen LogP contribution in [-0.2, 0) is 4.74 Å². The predicted octanol–water partition coefficient (Wildman–Crippen LogP) is 3.87. The van der Waals surface area contributed by atoms with Gasteiger partial charge in [-0.15, -0.1) is 0 Å². The lowest BCUT2D eigenvalue weighted by molar-refractivity contribution is 0.0450. The number of carbonyl (C=O) groups excluding carboxylic acids is 1. The Kier molecular flexibility index (Phi) is 5.31. The van der Waals surface area contributed by atoms with E-state index in [0.717, 1.165) is 11.6 Å². The lowest BCUT2D eigenvalue weighted by Gasteiger charge is -2.07. The molecule has 0 aliphatic rings. The van der Waals surface area contributed by atoms with Gasteiger partial charge in [0.1, 0.15) is 17.1 Å². The van der Waals surface area contributed by atoms with Gasteiger partial charge in [-0.25, -0.2) is 9.18 Å². The zero-order valence-corrected chi connectivity index (χ0v) is 14.2. The molecule has 1 aromatic heterocycles. The maximum absolute atomic E-state index is 12.8. The number of hydrogen-bond acceptors (Lipinski definition) is 5. The highest BCUT2D eigenvalue weighted by Gasteiger charge is 2.13. The smallest absolute Gasteiger partial charge is 0.374 e. The van der Waals surface area contributed by atoms with Crippen molar-refractivity contribution in [3.05, 3.63) is 75.9 Å². The number of esters is 1. The molecule has 5 nitrogen and oxygen atoms in total. The van der Waals surface area contributed by atoms with Gasteiger partial charge >= 0.3 is 5.97 Å². The molecule has 0 aliphatic heterocycles. The highest BCUT2D eigenvalue weighted by molar-refractivity contribution is 5.89. The van der Waals surface area contributed by atoms with E-state index in [1.165, 1.54) is 24.3 Å². The molecule has 6 heteroatoms. The van der Waals surface area contributed by atoms with E-state index >= 15 is 0 Å². The summed E-state index contributed by atoms with van der Waals surface area (Å²) in [7, 11) is 0. The normalized spacial score (nSPS) is 10.7. The Morgan fingerprint density at radius 1 is 1.08 bits per heavy atom. The minimum Gasteiger partial charge on any atom is -0.493 e. The fraction of sp³-hybridized carbons (Fsp3) is 0.200. The second-order valence-electron chi connectivity index (χ2n) is 5.77. The molecule has 0 unspecified atom stereocenters. The summed E-state index contributed by atoms with van der Waals surface area (Å²) < 4.78 is 28.7. The van der Waals surface area contributed by atoms with Crippen LogP contribution in [0.1, 0.15) is 22.5 Å². The van der Waals surface area contributed by atoms with Gasteiger partial charge in [0.15, 0.2) is 5.43 Å². The molecule has 0 fully saturated rings. The summed E-state index contributed by atoms with van der Waals surface area (Å²) >= 11 is 0. The van der Waals surface area contributed by atoms with Crippen molar-refractivity contribution < 1.29 is 23.1 Å². The number of benzene rings is 2. The summed E-state index contributed by atoms with van der Waals surface area (Å²) in [4.78, 5) is 24.1. The van der Waals surface area contributed by atoms with Crippen molar-refractivity contribution in [1.82, 2.24) is 0 Å². The monoisotopic (exact) mass is 356 g/mol. The predicted molar refractivity (Wildman–Crippen MR) is 94.0 cm³/mol. The highest BCUT2D eigenvalue weighted by Crippen LogP contribution is 2.15. The van der Waals surface area contributed by atoms with Crippen molar-refractivity contribution in [3.8, 4) is 5.75 Å². The molecule has 0 aliphatic carbocycles. The van der Waals surface area contributed by atoms with Gasteiger partial charge in [-0.2, -0.15) is 0 Å². The van der Waals surface area contributed by atoms with Crippen molar-refractivity contribution >= 4 is 16.9 Å². The number of hydrogen-bond donors (Lipinski definition) is 0. The van der Waals surface area contributed by atoms with Crippen LogP contribution in [0.3, 0.4) is 0 Å². The first kappa shape index (κ1) is 17.7. The molecule has 0 amide bonds. The van der Waals surface area contributed by atoms with E-state index in [0.29, 0.717) is 29.7 Å². The summed E-state index contributed by atoms with van der Waals surface area (Å²) in [5.41, 5.74) is 0.984. The minimum absolute atomic E-state index is 0.107. The zero-order valence-electron chi connectivity index (χ0n) is 14.2. The molecule has 0 spiro atoms. The first-order chi connectivity index (χ1) is 12.5. The summed E-state index contributed by atoms with van der Waals surface area (Å²) in [5, 5.41) is 0.425. The summed E-state index contributed by atoms with van der Waals surface area (Å²) in [6, 6.07) is 11.9. The van der Waals surface area contributed by atoms with Crippen LogP contribution in [0.25, 0.3) is 11.0 Å². The maximum Gasteiger partial charge on any atom is 0.374 e. The number of aryl methyl sites for hydroxylation is 1. The number of rotatable bonds is 6. The SMILES string of the molecule is Cc1ccc2oc(C(=O)OCCCOc3ccc(F)cc3)cc(=O)c2c1. The Hall–Kier alpha value is -3.15. The van der Waals surface area contributed by atoms with E-state index in [1.54, 1.807) is 18.2 Å². The van der Waals surface area contributed by atoms with E-state index in [9.17, 15) is 14.0 Å². The summed E-state index contributed by atoms with van der Waals surface area (Å²) in [6.45, 7) is 2.28. The molecule has 134 valence electrons. The van der Waals surface area contributed by atoms with E-state index in [1.807, 2.05) is 6.92 Å². The average molecular weight is 356 g/mol. The van der Waals surface area contributed by atoms with Gasteiger partial charge in [-0.05, 0) is 43.3 Å². The van der Waals surface area contributed by atoms with Gasteiger partial charge in [-0.1, -0.05) is 11.6 Å². The molecule has 0 bridgehead atoms. The van der Waals surface area contributed by atoms with Gasteiger partial charge in [-0.3, -0.25) is 4.79 Å². The van der Waals surface area contributed by atoms with E-state index < -0.39 is 5.97 Å². The minimum atomic E-state index is -0.702. The van der Waals surface area contributed by atoms with Crippen molar-refractivity contribution in [2.24, 2.45) is 0 Å². The number of fused-ring (bicyclic) bond motifs is 1. The first-order valence-electron chi connectivity index (χ1n) is 8.13. The Morgan fingerprint density at radius 3 is 2.62 bits per heavy atom. The molecule has 1 heterocycles. The summed E-state index contributed by atoms with van der Waals surface area (Å²) in [5.74, 6) is -0.635. The molecular weight excluding hydrogens is 339 g/mol. The van der Waals surface area contributed by atoms with Crippen LogP contribution >= 0.6 is 0 Å². The molecular formula is C20H17FO5. The van der Waals surface area contributed by atoms with Crippen molar-refractivity contribution in [1.29, 1.82) is 0 Å². The van der Waals surface area contributed by atoms with E-state index in [2.05, 4.69) is 0 Å². The molecule has 26 heavy (non-hydrogen) atoms. The third-order valence-corrected chi connectivity index (χ3v) is 3.69. The number of halogens is 1. The third-order valence-electron chi connectivity index (χ3n) is 3.69. The van der Waals surface area contributed by atoms with Crippen LogP contribution < -0.4 is 10.2 Å². The number of carbonyl (C=O) groups is 1. The largest absolute Gasteiger partial charge is 0.493 e. The van der Waals surface area contributed by atoms with Crippen molar-refractivity contribution in [2.45, 2.75) is 13.3 Å². The van der Waals surface area contributed by atoms with Gasteiger partial charge in [0, 0.05) is 12.5 Å². The van der Waals surface area contributed by atoms with Crippen LogP contribution in [-0.4, -0.2) is 19.2 Å². The zero-order chi connectivity index (χ0) is 18.5. The average Bonchev–Trinajstić information content (AvgIpc) is 2.63. The van der Waals surface area contributed by atoms with Gasteiger partial charge in [0.05, 0.1) is 18.6 Å². The maximum atomic E-state index is 12.8.